The molecule has 1 aromatic rings. The van der Waals surface area contributed by atoms with Gasteiger partial charge in [0.2, 0.25) is 11.8 Å². The Morgan fingerprint density at radius 1 is 1.08 bits per heavy atom. The number of rotatable bonds is 2. The van der Waals surface area contributed by atoms with Crippen molar-refractivity contribution in [2.24, 2.45) is 5.41 Å². The van der Waals surface area contributed by atoms with E-state index < -0.39 is 46.4 Å². The second-order valence-corrected chi connectivity index (χ2v) is 5.76. The highest BCUT2D eigenvalue weighted by molar-refractivity contribution is 6.00. The van der Waals surface area contributed by atoms with Crippen LogP contribution < -0.4 is 10.6 Å². The van der Waals surface area contributed by atoms with E-state index in [0.717, 1.165) is 0 Å². The van der Waals surface area contributed by atoms with Crippen LogP contribution in [0.25, 0.3) is 0 Å². The Kier molecular flexibility index (Phi) is 4.28. The monoisotopic (exact) mass is 354 g/mol. The standard InChI is InChI=1S/C14H12F6N2O2/c1-12(5-10(23)21-6-12)11(24)22-9-3-7(13(15,16)17)2-8(4-9)14(18,19)20/h2-4H,5-6H2,1H3,(H,21,23)(H,22,24). The first-order chi connectivity index (χ1) is 10.8. The van der Waals surface area contributed by atoms with Crippen molar-refractivity contribution >= 4 is 17.5 Å². The average Bonchev–Trinajstić information content (AvgIpc) is 2.77. The van der Waals surface area contributed by atoms with Crippen LogP contribution in [0.4, 0.5) is 32.0 Å². The average molecular weight is 354 g/mol. The summed E-state index contributed by atoms with van der Waals surface area (Å²) in [5.41, 5.74) is -4.94. The van der Waals surface area contributed by atoms with Gasteiger partial charge in [0, 0.05) is 18.7 Å². The van der Waals surface area contributed by atoms with Crippen LogP contribution in [0.5, 0.6) is 0 Å². The lowest BCUT2D eigenvalue weighted by molar-refractivity contribution is -0.143. The summed E-state index contributed by atoms with van der Waals surface area (Å²) in [6, 6.07) is 0.805. The van der Waals surface area contributed by atoms with E-state index in [-0.39, 0.29) is 19.0 Å². The molecule has 1 unspecified atom stereocenters. The molecule has 0 aromatic heterocycles. The third-order valence-electron chi connectivity index (χ3n) is 3.62. The first kappa shape index (κ1) is 18.1. The number of carbonyl (C=O) groups excluding carboxylic acids is 2. The minimum Gasteiger partial charge on any atom is -0.355 e. The van der Waals surface area contributed by atoms with Gasteiger partial charge in [-0.3, -0.25) is 9.59 Å². The highest BCUT2D eigenvalue weighted by atomic mass is 19.4. The molecule has 2 amide bonds. The second-order valence-electron chi connectivity index (χ2n) is 5.76. The molecule has 0 aliphatic carbocycles. The van der Waals surface area contributed by atoms with E-state index in [2.05, 4.69) is 5.32 Å². The maximum atomic E-state index is 12.8. The topological polar surface area (TPSA) is 58.2 Å². The maximum Gasteiger partial charge on any atom is 0.416 e. The molecule has 2 rings (SSSR count). The van der Waals surface area contributed by atoms with Crippen molar-refractivity contribution in [2.75, 3.05) is 11.9 Å². The molecule has 1 aliphatic heterocycles. The molecule has 1 aromatic carbocycles. The van der Waals surface area contributed by atoms with E-state index in [1.807, 2.05) is 5.32 Å². The third-order valence-corrected chi connectivity index (χ3v) is 3.62. The van der Waals surface area contributed by atoms with Gasteiger partial charge in [0.25, 0.3) is 0 Å². The van der Waals surface area contributed by atoms with E-state index in [9.17, 15) is 35.9 Å². The van der Waals surface area contributed by atoms with Gasteiger partial charge >= 0.3 is 12.4 Å². The van der Waals surface area contributed by atoms with Gasteiger partial charge in [0.15, 0.2) is 0 Å². The Hall–Kier alpha value is -2.26. The second kappa shape index (κ2) is 5.67. The zero-order valence-electron chi connectivity index (χ0n) is 12.2. The molecule has 2 N–H and O–H groups in total. The molecule has 1 heterocycles. The highest BCUT2D eigenvalue weighted by Gasteiger charge is 2.42. The van der Waals surface area contributed by atoms with Crippen LogP contribution in [0, 0.1) is 5.41 Å². The number of benzene rings is 1. The van der Waals surface area contributed by atoms with Crippen LogP contribution in [0.15, 0.2) is 18.2 Å². The van der Waals surface area contributed by atoms with Crippen molar-refractivity contribution in [3.05, 3.63) is 29.3 Å². The van der Waals surface area contributed by atoms with Crippen molar-refractivity contribution in [1.82, 2.24) is 5.32 Å². The number of carbonyl (C=O) groups is 2. The summed E-state index contributed by atoms with van der Waals surface area (Å²) in [7, 11) is 0. The fourth-order valence-electron chi connectivity index (χ4n) is 2.24. The van der Waals surface area contributed by atoms with Crippen LogP contribution in [0.3, 0.4) is 0 Å². The quantitative estimate of drug-likeness (QED) is 0.802. The largest absolute Gasteiger partial charge is 0.416 e. The van der Waals surface area contributed by atoms with Crippen molar-refractivity contribution in [3.8, 4) is 0 Å². The first-order valence-electron chi connectivity index (χ1n) is 6.69. The molecular weight excluding hydrogens is 342 g/mol. The summed E-state index contributed by atoms with van der Waals surface area (Å²) in [6.45, 7) is 1.33. The number of alkyl halides is 6. The van der Waals surface area contributed by atoms with Gasteiger partial charge in [0.05, 0.1) is 16.5 Å². The Labute approximate surface area is 132 Å². The molecule has 132 valence electrons. The van der Waals surface area contributed by atoms with Crippen molar-refractivity contribution in [3.63, 3.8) is 0 Å². The maximum absolute atomic E-state index is 12.8. The van der Waals surface area contributed by atoms with Crippen molar-refractivity contribution in [1.29, 1.82) is 0 Å². The number of nitrogens with one attached hydrogen (secondary N) is 2. The van der Waals surface area contributed by atoms with Gasteiger partial charge < -0.3 is 10.6 Å². The van der Waals surface area contributed by atoms with Gasteiger partial charge in [0.1, 0.15) is 0 Å². The summed E-state index contributed by atoms with van der Waals surface area (Å²) in [5.74, 6) is -1.26. The van der Waals surface area contributed by atoms with Gasteiger partial charge in [-0.25, -0.2) is 0 Å². The number of hydrogen-bond donors (Lipinski definition) is 2. The lowest BCUT2D eigenvalue weighted by atomic mass is 9.88. The van der Waals surface area contributed by atoms with E-state index in [1.54, 1.807) is 0 Å². The highest BCUT2D eigenvalue weighted by Crippen LogP contribution is 2.38. The fraction of sp³-hybridized carbons (Fsp3) is 0.429. The van der Waals surface area contributed by atoms with Gasteiger partial charge in [-0.15, -0.1) is 0 Å². The molecule has 1 atom stereocenters. The molecule has 24 heavy (non-hydrogen) atoms. The number of halogens is 6. The molecular formula is C14H12F6N2O2. The predicted octanol–water partition coefficient (Wildman–Crippen LogP) is 3.19. The summed E-state index contributed by atoms with van der Waals surface area (Å²) in [4.78, 5) is 23.3. The predicted molar refractivity (Wildman–Crippen MR) is 70.8 cm³/mol. The molecule has 0 radical (unpaired) electrons. The van der Waals surface area contributed by atoms with Gasteiger partial charge in [-0.2, -0.15) is 26.3 Å². The molecule has 1 aliphatic rings. The van der Waals surface area contributed by atoms with Crippen LogP contribution in [-0.4, -0.2) is 18.4 Å². The molecule has 0 bridgehead atoms. The van der Waals surface area contributed by atoms with E-state index in [1.165, 1.54) is 6.92 Å². The first-order valence-corrected chi connectivity index (χ1v) is 6.69. The summed E-state index contributed by atoms with van der Waals surface area (Å²) >= 11 is 0. The minimum atomic E-state index is -5.00. The van der Waals surface area contributed by atoms with Crippen molar-refractivity contribution in [2.45, 2.75) is 25.7 Å². The lowest BCUT2D eigenvalue weighted by Gasteiger charge is -2.21. The van der Waals surface area contributed by atoms with E-state index in [0.29, 0.717) is 12.1 Å². The minimum absolute atomic E-state index is 0.0297. The zero-order valence-corrected chi connectivity index (χ0v) is 12.2. The van der Waals surface area contributed by atoms with Gasteiger partial charge in [-0.05, 0) is 25.1 Å². The van der Waals surface area contributed by atoms with E-state index in [4.69, 9.17) is 0 Å². The molecule has 0 spiro atoms. The Balaban J connectivity index is 2.36. The Morgan fingerprint density at radius 3 is 1.96 bits per heavy atom. The number of hydrogen-bond acceptors (Lipinski definition) is 2. The Morgan fingerprint density at radius 2 is 1.58 bits per heavy atom. The zero-order chi connectivity index (χ0) is 18.3. The van der Waals surface area contributed by atoms with Crippen molar-refractivity contribution < 1.29 is 35.9 Å². The molecule has 1 fully saturated rings. The van der Waals surface area contributed by atoms with Crippen LogP contribution in [0.1, 0.15) is 24.5 Å². The molecule has 10 heteroatoms. The van der Waals surface area contributed by atoms with Crippen LogP contribution in [-0.2, 0) is 21.9 Å². The number of anilines is 1. The summed E-state index contributed by atoms with van der Waals surface area (Å²) in [5, 5.41) is 4.43. The fourth-order valence-corrected chi connectivity index (χ4v) is 2.24. The normalized spacial score (nSPS) is 21.5. The van der Waals surface area contributed by atoms with Crippen LogP contribution in [0.2, 0.25) is 0 Å². The Bertz CT molecular complexity index is 651. The SMILES string of the molecule is CC1(C(=O)Nc2cc(C(F)(F)F)cc(C(F)(F)F)c2)CNC(=O)C1. The summed E-state index contributed by atoms with van der Waals surface area (Å²) in [6.07, 6.45) is -10.2. The summed E-state index contributed by atoms with van der Waals surface area (Å²) < 4.78 is 76.6. The van der Waals surface area contributed by atoms with E-state index >= 15 is 0 Å². The molecule has 1 saturated heterocycles. The molecule has 4 nitrogen and oxygen atoms in total. The third kappa shape index (κ3) is 3.80. The molecule has 0 saturated carbocycles. The smallest absolute Gasteiger partial charge is 0.355 e. The lowest BCUT2D eigenvalue weighted by Crippen LogP contribution is -2.35. The van der Waals surface area contributed by atoms with Gasteiger partial charge in [-0.1, -0.05) is 0 Å². The number of amides is 2. The van der Waals surface area contributed by atoms with Crippen LogP contribution >= 0.6 is 0 Å².